The van der Waals surface area contributed by atoms with Gasteiger partial charge in [-0.3, -0.25) is 9.59 Å². The number of aromatic hydroxyl groups is 1. The van der Waals surface area contributed by atoms with Crippen LogP contribution in [0.1, 0.15) is 5.56 Å². The molecule has 0 unspecified atom stereocenters. The van der Waals surface area contributed by atoms with Crippen molar-refractivity contribution < 1.29 is 24.2 Å². The lowest BCUT2D eigenvalue weighted by Gasteiger charge is -2.13. The van der Waals surface area contributed by atoms with Gasteiger partial charge in [-0.1, -0.05) is 28.1 Å². The van der Waals surface area contributed by atoms with Crippen molar-refractivity contribution in [3.63, 3.8) is 0 Å². The summed E-state index contributed by atoms with van der Waals surface area (Å²) in [4.78, 5) is 37.9. The average Bonchev–Trinajstić information content (AvgIpc) is 2.93. The first-order chi connectivity index (χ1) is 13.8. The number of imide groups is 1. The molecule has 0 aromatic heterocycles. The molecule has 0 aliphatic carbocycles. The predicted molar refractivity (Wildman–Crippen MR) is 118 cm³/mol. The van der Waals surface area contributed by atoms with Gasteiger partial charge in [0.1, 0.15) is 23.7 Å². The van der Waals surface area contributed by atoms with Crippen LogP contribution in [0.2, 0.25) is 0 Å². The third kappa shape index (κ3) is 4.70. The van der Waals surface area contributed by atoms with Crippen LogP contribution >= 0.6 is 38.5 Å². The quantitative estimate of drug-likeness (QED) is 0.290. The lowest BCUT2D eigenvalue weighted by atomic mass is 10.1. The van der Waals surface area contributed by atoms with Crippen LogP contribution in [0.3, 0.4) is 0 Å². The minimum atomic E-state index is -0.722. The van der Waals surface area contributed by atoms with E-state index in [0.717, 1.165) is 4.90 Å². The monoisotopic (exact) mass is 571 g/mol. The first-order valence-corrected chi connectivity index (χ1v) is 10.1. The van der Waals surface area contributed by atoms with E-state index in [4.69, 9.17) is 4.74 Å². The predicted octanol–water partition coefficient (Wildman–Crippen LogP) is 3.30. The molecular weight excluding hydrogens is 557 g/mol. The zero-order chi connectivity index (χ0) is 21.1. The molecule has 10 heteroatoms. The minimum Gasteiger partial charge on any atom is -0.506 e. The van der Waals surface area contributed by atoms with Crippen molar-refractivity contribution in [2.45, 2.75) is 0 Å². The van der Waals surface area contributed by atoms with E-state index in [2.05, 4.69) is 26.6 Å². The molecule has 2 aromatic rings. The van der Waals surface area contributed by atoms with E-state index in [0.29, 0.717) is 25.0 Å². The molecule has 0 radical (unpaired) electrons. The van der Waals surface area contributed by atoms with Crippen molar-refractivity contribution in [3.8, 4) is 11.5 Å². The Morgan fingerprint density at radius 1 is 1.34 bits per heavy atom. The van der Waals surface area contributed by atoms with Crippen LogP contribution in [-0.4, -0.2) is 41.5 Å². The van der Waals surface area contributed by atoms with E-state index >= 15 is 0 Å². The highest BCUT2D eigenvalue weighted by molar-refractivity contribution is 14.1. The number of hydrogen-bond donors (Lipinski definition) is 3. The van der Waals surface area contributed by atoms with E-state index in [1.54, 1.807) is 36.4 Å². The topological polar surface area (TPSA) is 108 Å². The van der Waals surface area contributed by atoms with Crippen LogP contribution in [0.5, 0.6) is 11.5 Å². The second-order valence-electron chi connectivity index (χ2n) is 5.95. The Labute approximate surface area is 188 Å². The number of phenolic OH excluding ortho intramolecular Hbond substituents is 1. The van der Waals surface area contributed by atoms with Crippen LogP contribution in [0.15, 0.2) is 46.6 Å². The number of urea groups is 1. The molecule has 0 bridgehead atoms. The molecule has 3 N–H and O–H groups in total. The SMILES string of the molecule is COc1ccccc1NC(=O)CN1C(=O)N/C(=C\c2cc(Br)cc(I)c2O)C1=O. The maximum Gasteiger partial charge on any atom is 0.329 e. The molecule has 150 valence electrons. The van der Waals surface area contributed by atoms with E-state index in [-0.39, 0.29) is 11.4 Å². The van der Waals surface area contributed by atoms with Gasteiger partial charge >= 0.3 is 6.03 Å². The molecule has 4 amide bonds. The van der Waals surface area contributed by atoms with Gasteiger partial charge in [0.25, 0.3) is 5.91 Å². The summed E-state index contributed by atoms with van der Waals surface area (Å²) < 4.78 is 6.44. The Kier molecular flexibility index (Phi) is 6.42. The second kappa shape index (κ2) is 8.82. The lowest BCUT2D eigenvalue weighted by molar-refractivity contribution is -0.127. The number of amides is 4. The molecule has 3 rings (SSSR count). The molecule has 1 heterocycles. The van der Waals surface area contributed by atoms with Gasteiger partial charge in [0.05, 0.1) is 16.4 Å². The number of ether oxygens (including phenoxy) is 1. The highest BCUT2D eigenvalue weighted by Crippen LogP contribution is 2.30. The number of methoxy groups -OCH3 is 1. The first kappa shape index (κ1) is 21.1. The minimum absolute atomic E-state index is 0.0179. The zero-order valence-electron chi connectivity index (χ0n) is 15.0. The van der Waals surface area contributed by atoms with Gasteiger partial charge in [0, 0.05) is 10.0 Å². The Morgan fingerprint density at radius 2 is 2.07 bits per heavy atom. The van der Waals surface area contributed by atoms with Crippen molar-refractivity contribution in [1.82, 2.24) is 10.2 Å². The number of para-hydroxylation sites is 2. The van der Waals surface area contributed by atoms with Crippen molar-refractivity contribution >= 4 is 68.1 Å². The van der Waals surface area contributed by atoms with E-state index < -0.39 is 24.4 Å². The molecule has 0 saturated carbocycles. The number of anilines is 1. The first-order valence-electron chi connectivity index (χ1n) is 8.25. The highest BCUT2D eigenvalue weighted by atomic mass is 127. The van der Waals surface area contributed by atoms with Gasteiger partial charge in [-0.15, -0.1) is 0 Å². The molecule has 1 aliphatic heterocycles. The van der Waals surface area contributed by atoms with Crippen LogP contribution in [-0.2, 0) is 9.59 Å². The molecule has 2 aromatic carbocycles. The molecular formula is C19H15BrIN3O5. The van der Waals surface area contributed by atoms with Crippen molar-refractivity contribution in [2.75, 3.05) is 19.0 Å². The molecule has 1 saturated heterocycles. The smallest absolute Gasteiger partial charge is 0.329 e. The number of nitrogens with one attached hydrogen (secondary N) is 2. The fourth-order valence-electron chi connectivity index (χ4n) is 2.65. The molecule has 8 nitrogen and oxygen atoms in total. The Hall–Kier alpha value is -2.60. The maximum atomic E-state index is 12.6. The number of rotatable bonds is 5. The number of halogens is 2. The van der Waals surface area contributed by atoms with Gasteiger partial charge in [0.15, 0.2) is 0 Å². The highest BCUT2D eigenvalue weighted by Gasteiger charge is 2.35. The maximum absolute atomic E-state index is 12.6. The summed E-state index contributed by atoms with van der Waals surface area (Å²) in [6.45, 7) is -0.470. The van der Waals surface area contributed by atoms with Crippen molar-refractivity contribution in [1.29, 1.82) is 0 Å². The van der Waals surface area contributed by atoms with Gasteiger partial charge < -0.3 is 20.5 Å². The second-order valence-corrected chi connectivity index (χ2v) is 8.03. The molecule has 0 spiro atoms. The summed E-state index contributed by atoms with van der Waals surface area (Å²) >= 11 is 5.27. The van der Waals surface area contributed by atoms with Gasteiger partial charge in [-0.25, -0.2) is 9.69 Å². The molecule has 1 fully saturated rings. The number of nitrogens with zero attached hydrogens (tertiary/aromatic N) is 1. The Bertz CT molecular complexity index is 1040. The molecule has 0 atom stereocenters. The van der Waals surface area contributed by atoms with Crippen LogP contribution in [0.25, 0.3) is 6.08 Å². The fourth-order valence-corrected chi connectivity index (χ4v) is 4.20. The third-order valence-electron chi connectivity index (χ3n) is 4.00. The summed E-state index contributed by atoms with van der Waals surface area (Å²) in [6, 6.07) is 9.39. The Morgan fingerprint density at radius 3 is 2.79 bits per heavy atom. The van der Waals surface area contributed by atoms with Crippen molar-refractivity contribution in [3.05, 3.63) is 55.7 Å². The average molecular weight is 572 g/mol. The number of carbonyl (C=O) groups is 3. The lowest BCUT2D eigenvalue weighted by Crippen LogP contribution is -2.38. The zero-order valence-corrected chi connectivity index (χ0v) is 18.8. The van der Waals surface area contributed by atoms with Crippen LogP contribution in [0.4, 0.5) is 10.5 Å². The number of phenols is 1. The van der Waals surface area contributed by atoms with E-state index in [1.165, 1.54) is 13.2 Å². The number of hydrogen-bond acceptors (Lipinski definition) is 5. The van der Waals surface area contributed by atoms with E-state index in [9.17, 15) is 19.5 Å². The van der Waals surface area contributed by atoms with Crippen molar-refractivity contribution in [2.24, 2.45) is 0 Å². The summed E-state index contributed by atoms with van der Waals surface area (Å²) in [5.41, 5.74) is 0.744. The van der Waals surface area contributed by atoms with Gasteiger partial charge in [-0.2, -0.15) is 0 Å². The standard InChI is InChI=1S/C19H15BrIN3O5/c1-29-15-5-3-2-4-13(15)22-16(25)9-24-18(27)14(23-19(24)28)7-10-6-11(20)8-12(21)17(10)26/h2-8,26H,9H2,1H3,(H,22,25)(H,23,28)/b14-7-. The summed E-state index contributed by atoms with van der Waals surface area (Å²) in [7, 11) is 1.47. The van der Waals surface area contributed by atoms with E-state index in [1.807, 2.05) is 22.6 Å². The molecule has 1 aliphatic rings. The summed E-state index contributed by atoms with van der Waals surface area (Å²) in [6.07, 6.45) is 1.36. The third-order valence-corrected chi connectivity index (χ3v) is 5.28. The van der Waals surface area contributed by atoms with Crippen LogP contribution in [0, 0.1) is 3.57 Å². The number of benzene rings is 2. The van der Waals surface area contributed by atoms with Gasteiger partial charge in [0.2, 0.25) is 5.91 Å². The molecule has 29 heavy (non-hydrogen) atoms. The summed E-state index contributed by atoms with van der Waals surface area (Å²) in [5, 5.41) is 15.2. The largest absolute Gasteiger partial charge is 0.506 e. The normalized spacial score (nSPS) is 14.9. The number of carbonyl (C=O) groups excluding carboxylic acids is 3. The van der Waals surface area contributed by atoms with Crippen LogP contribution < -0.4 is 15.4 Å². The van der Waals surface area contributed by atoms with Gasteiger partial charge in [-0.05, 0) is 52.9 Å². The Balaban J connectivity index is 1.76. The summed E-state index contributed by atoms with van der Waals surface area (Å²) in [5.74, 6) is -0.784. The fraction of sp³-hybridized carbons (Fsp3) is 0.105.